The molecular formula is C20H20FN5O2. The van der Waals surface area contributed by atoms with Crippen LogP contribution in [0.5, 0.6) is 0 Å². The number of hydrogen-bond acceptors (Lipinski definition) is 6. The molecule has 2 aromatic heterocycles. The highest BCUT2D eigenvalue weighted by atomic mass is 19.1. The van der Waals surface area contributed by atoms with Crippen molar-refractivity contribution in [2.75, 3.05) is 13.1 Å². The smallest absolute Gasteiger partial charge is 0.278 e. The Kier molecular flexibility index (Phi) is 5.10. The SMILES string of the molecule is Cc1cnc(-c2nc(C3CCN(C(=O)Cc4cccc(F)c4)CC3)no2)cn1. The number of aryl methyl sites for hydroxylation is 1. The Morgan fingerprint density at radius 3 is 2.79 bits per heavy atom. The van der Waals surface area contributed by atoms with Crippen LogP contribution in [0.15, 0.2) is 41.2 Å². The molecule has 0 spiro atoms. The maximum absolute atomic E-state index is 13.3. The van der Waals surface area contributed by atoms with Crippen molar-refractivity contribution < 1.29 is 13.7 Å². The van der Waals surface area contributed by atoms with Gasteiger partial charge in [0.1, 0.15) is 11.5 Å². The number of likely N-dealkylation sites (tertiary alicyclic amines) is 1. The number of nitrogens with zero attached hydrogens (tertiary/aromatic N) is 5. The van der Waals surface area contributed by atoms with Crippen molar-refractivity contribution >= 4 is 5.91 Å². The van der Waals surface area contributed by atoms with Gasteiger partial charge in [-0.25, -0.2) is 9.37 Å². The lowest BCUT2D eigenvalue weighted by atomic mass is 9.95. The number of amides is 1. The summed E-state index contributed by atoms with van der Waals surface area (Å²) in [6, 6.07) is 6.17. The van der Waals surface area contributed by atoms with Crippen LogP contribution >= 0.6 is 0 Å². The molecule has 28 heavy (non-hydrogen) atoms. The van der Waals surface area contributed by atoms with Gasteiger partial charge in [0, 0.05) is 25.2 Å². The van der Waals surface area contributed by atoms with Crippen LogP contribution in [0.2, 0.25) is 0 Å². The van der Waals surface area contributed by atoms with Crippen LogP contribution in [0.25, 0.3) is 11.6 Å². The van der Waals surface area contributed by atoms with Gasteiger partial charge in [0.05, 0.1) is 18.3 Å². The molecule has 0 bridgehead atoms. The Bertz CT molecular complexity index is 965. The Morgan fingerprint density at radius 2 is 2.07 bits per heavy atom. The molecule has 7 nitrogen and oxygen atoms in total. The number of carbonyl (C=O) groups is 1. The molecule has 4 rings (SSSR count). The predicted octanol–water partition coefficient (Wildman–Crippen LogP) is 2.92. The third-order valence-corrected chi connectivity index (χ3v) is 4.90. The van der Waals surface area contributed by atoms with Crippen molar-refractivity contribution in [3.63, 3.8) is 0 Å². The Morgan fingerprint density at radius 1 is 1.25 bits per heavy atom. The monoisotopic (exact) mass is 381 g/mol. The minimum Gasteiger partial charge on any atom is -0.342 e. The third-order valence-electron chi connectivity index (χ3n) is 4.90. The lowest BCUT2D eigenvalue weighted by molar-refractivity contribution is -0.131. The van der Waals surface area contributed by atoms with Gasteiger partial charge >= 0.3 is 0 Å². The summed E-state index contributed by atoms with van der Waals surface area (Å²) in [5, 5.41) is 4.09. The molecule has 3 aromatic rings. The first-order valence-corrected chi connectivity index (χ1v) is 9.23. The summed E-state index contributed by atoms with van der Waals surface area (Å²) in [5.41, 5.74) is 2.06. The van der Waals surface area contributed by atoms with Gasteiger partial charge in [0.25, 0.3) is 5.89 Å². The van der Waals surface area contributed by atoms with Gasteiger partial charge in [-0.1, -0.05) is 17.3 Å². The van der Waals surface area contributed by atoms with Gasteiger partial charge in [-0.3, -0.25) is 9.78 Å². The predicted molar refractivity (Wildman–Crippen MR) is 98.7 cm³/mol. The van der Waals surface area contributed by atoms with E-state index in [-0.39, 0.29) is 24.1 Å². The maximum atomic E-state index is 13.3. The molecule has 1 aliphatic heterocycles. The van der Waals surface area contributed by atoms with Crippen molar-refractivity contribution in [1.82, 2.24) is 25.0 Å². The van der Waals surface area contributed by atoms with Gasteiger partial charge < -0.3 is 9.42 Å². The first kappa shape index (κ1) is 18.2. The largest absolute Gasteiger partial charge is 0.342 e. The highest BCUT2D eigenvalue weighted by molar-refractivity contribution is 5.78. The van der Waals surface area contributed by atoms with E-state index >= 15 is 0 Å². The topological polar surface area (TPSA) is 85.0 Å². The highest BCUT2D eigenvalue weighted by Gasteiger charge is 2.27. The first-order chi connectivity index (χ1) is 13.6. The minimum atomic E-state index is -0.324. The molecule has 0 saturated carbocycles. The van der Waals surface area contributed by atoms with Crippen LogP contribution < -0.4 is 0 Å². The molecule has 1 amide bonds. The molecule has 1 aliphatic rings. The molecule has 0 radical (unpaired) electrons. The Hall–Kier alpha value is -3.16. The maximum Gasteiger partial charge on any atom is 0.278 e. The standard InChI is InChI=1S/C20H20FN5O2/c1-13-11-23-17(12-22-13)20-24-19(25-28-20)15-5-7-26(8-6-15)18(27)10-14-3-2-4-16(21)9-14/h2-4,9,11-12,15H,5-8,10H2,1H3. The van der Waals surface area contributed by atoms with Crippen LogP contribution in [-0.4, -0.2) is 44.0 Å². The number of hydrogen-bond donors (Lipinski definition) is 0. The van der Waals surface area contributed by atoms with Crippen molar-refractivity contribution in [3.8, 4) is 11.6 Å². The molecule has 3 heterocycles. The van der Waals surface area contributed by atoms with Gasteiger partial charge in [-0.2, -0.15) is 4.98 Å². The van der Waals surface area contributed by atoms with Gasteiger partial charge in [0.2, 0.25) is 5.91 Å². The zero-order valence-electron chi connectivity index (χ0n) is 15.5. The van der Waals surface area contributed by atoms with E-state index in [1.54, 1.807) is 24.5 Å². The van der Waals surface area contributed by atoms with Crippen LogP contribution in [0, 0.1) is 12.7 Å². The number of aromatic nitrogens is 4. The van der Waals surface area contributed by atoms with Gasteiger partial charge in [-0.05, 0) is 37.5 Å². The average Bonchev–Trinajstić information content (AvgIpc) is 3.19. The number of benzene rings is 1. The second-order valence-corrected chi connectivity index (χ2v) is 6.96. The van der Waals surface area contributed by atoms with Crippen molar-refractivity contribution in [1.29, 1.82) is 0 Å². The summed E-state index contributed by atoms with van der Waals surface area (Å²) >= 11 is 0. The fourth-order valence-corrected chi connectivity index (χ4v) is 3.33. The molecule has 0 unspecified atom stereocenters. The van der Waals surface area contributed by atoms with E-state index in [9.17, 15) is 9.18 Å². The Balaban J connectivity index is 1.35. The second kappa shape index (κ2) is 7.84. The highest BCUT2D eigenvalue weighted by Crippen LogP contribution is 2.27. The van der Waals surface area contributed by atoms with E-state index in [1.165, 1.54) is 12.1 Å². The summed E-state index contributed by atoms with van der Waals surface area (Å²) in [5.74, 6) is 0.804. The summed E-state index contributed by atoms with van der Waals surface area (Å²) in [7, 11) is 0. The fourth-order valence-electron chi connectivity index (χ4n) is 3.33. The fraction of sp³-hybridized carbons (Fsp3) is 0.350. The lowest BCUT2D eigenvalue weighted by Gasteiger charge is -2.30. The van der Waals surface area contributed by atoms with E-state index in [2.05, 4.69) is 20.1 Å². The van der Waals surface area contributed by atoms with Crippen molar-refractivity contribution in [3.05, 3.63) is 59.6 Å². The number of rotatable bonds is 4. The van der Waals surface area contributed by atoms with Gasteiger partial charge in [0.15, 0.2) is 5.82 Å². The van der Waals surface area contributed by atoms with Gasteiger partial charge in [-0.15, -0.1) is 0 Å². The molecule has 144 valence electrons. The van der Waals surface area contributed by atoms with Crippen LogP contribution in [0.4, 0.5) is 4.39 Å². The number of piperidine rings is 1. The molecule has 0 aliphatic carbocycles. The summed E-state index contributed by atoms with van der Waals surface area (Å²) in [4.78, 5) is 27.2. The van der Waals surface area contributed by atoms with E-state index in [0.717, 1.165) is 18.5 Å². The van der Waals surface area contributed by atoms with E-state index < -0.39 is 0 Å². The molecular weight excluding hydrogens is 361 g/mol. The number of carbonyl (C=O) groups excluding carboxylic acids is 1. The molecule has 0 N–H and O–H groups in total. The summed E-state index contributed by atoms with van der Waals surface area (Å²) in [6.45, 7) is 3.10. The van der Waals surface area contributed by atoms with Crippen molar-refractivity contribution in [2.24, 2.45) is 0 Å². The quantitative estimate of drug-likeness (QED) is 0.691. The normalized spacial score (nSPS) is 15.0. The van der Waals surface area contributed by atoms with E-state index in [4.69, 9.17) is 4.52 Å². The van der Waals surface area contributed by atoms with Crippen LogP contribution in [-0.2, 0) is 11.2 Å². The van der Waals surface area contributed by atoms with E-state index in [1.807, 2.05) is 11.8 Å². The third kappa shape index (κ3) is 4.05. The molecule has 1 aromatic carbocycles. The Labute approximate surface area is 161 Å². The first-order valence-electron chi connectivity index (χ1n) is 9.23. The molecule has 8 heteroatoms. The van der Waals surface area contributed by atoms with E-state index in [0.29, 0.717) is 36.1 Å². The molecule has 1 fully saturated rings. The summed E-state index contributed by atoms with van der Waals surface area (Å²) in [6.07, 6.45) is 4.99. The van der Waals surface area contributed by atoms with Crippen LogP contribution in [0.3, 0.4) is 0 Å². The number of halogens is 1. The molecule has 0 atom stereocenters. The average molecular weight is 381 g/mol. The summed E-state index contributed by atoms with van der Waals surface area (Å²) < 4.78 is 18.6. The van der Waals surface area contributed by atoms with Crippen LogP contribution in [0.1, 0.15) is 35.8 Å². The molecule has 1 saturated heterocycles. The zero-order valence-corrected chi connectivity index (χ0v) is 15.5. The second-order valence-electron chi connectivity index (χ2n) is 6.96. The lowest BCUT2D eigenvalue weighted by Crippen LogP contribution is -2.39. The van der Waals surface area contributed by atoms with Crippen molar-refractivity contribution in [2.45, 2.75) is 32.1 Å². The minimum absolute atomic E-state index is 0.00720. The zero-order chi connectivity index (χ0) is 19.5.